The summed E-state index contributed by atoms with van der Waals surface area (Å²) >= 11 is 0. The molecule has 7 heavy (non-hydrogen) atoms. The van der Waals surface area contributed by atoms with Gasteiger partial charge in [-0.15, -0.1) is 0 Å². The molecule has 51 valence electrons. The van der Waals surface area contributed by atoms with Gasteiger partial charge < -0.3 is 55.1 Å². The van der Waals surface area contributed by atoms with Gasteiger partial charge in [0.25, 0.3) is 0 Å². The van der Waals surface area contributed by atoms with Crippen molar-refractivity contribution in [2.45, 2.75) is 0 Å². The van der Waals surface area contributed by atoms with Crippen LogP contribution in [0.5, 0.6) is 0 Å². The first-order chi connectivity index (χ1) is 0. The molecule has 0 saturated heterocycles. The Morgan fingerprint density at radius 3 is 0.571 bits per heavy atom. The number of rotatable bonds is 0. The van der Waals surface area contributed by atoms with Crippen LogP contribution in [0, 0.1) is 0 Å². The molecular weight excluding hydrogens is 269 g/mol. The van der Waals surface area contributed by atoms with Crippen LogP contribution in [0.3, 0.4) is 0 Å². The van der Waals surface area contributed by atoms with Gasteiger partial charge in [0.2, 0.25) is 0 Å². The average Bonchev–Trinajstić information content (AvgIpc) is 0. The van der Waals surface area contributed by atoms with Gasteiger partial charge in [0.05, 0.1) is 0 Å². The fourth-order valence-electron chi connectivity index (χ4n) is 0. The van der Waals surface area contributed by atoms with Gasteiger partial charge in [0.15, 0.2) is 0 Å². The molecule has 0 aromatic heterocycles. The van der Waals surface area contributed by atoms with E-state index in [1.807, 2.05) is 0 Å². The fraction of sp³-hybridized carbons (Fsp3) is 0. The fourth-order valence-corrected chi connectivity index (χ4v) is 0. The molecule has 1 radical (unpaired) electrons. The molecule has 1 nitrogen and oxygen atoms in total. The Bertz CT molecular complexity index is 11.7. The van der Waals surface area contributed by atoms with E-state index in [0.29, 0.717) is 0 Å². The van der Waals surface area contributed by atoms with Crippen molar-refractivity contribution in [3.63, 3.8) is 0 Å². The summed E-state index contributed by atoms with van der Waals surface area (Å²) in [6.45, 7) is 0. The summed E-state index contributed by atoms with van der Waals surface area (Å²) in [6, 6.07) is 0. The summed E-state index contributed by atoms with van der Waals surface area (Å²) in [5.74, 6) is 0. The second kappa shape index (κ2) is 89.7. The predicted octanol–water partition coefficient (Wildman–Crippen LogP) is -12.8. The molecule has 0 bridgehead atoms. The Hall–Kier alpha value is 2.16. The Morgan fingerprint density at radius 2 is 0.571 bits per heavy atom. The van der Waals surface area contributed by atoms with Gasteiger partial charge in [-0.1, -0.05) is 0 Å². The molecule has 0 unspecified atom stereocenters. The van der Waals surface area contributed by atoms with Crippen LogP contribution in [0.15, 0.2) is 0 Å². The third kappa shape index (κ3) is 66.4. The van der Waals surface area contributed by atoms with Gasteiger partial charge in [-0.3, -0.25) is 0 Å². The summed E-state index contributed by atoms with van der Waals surface area (Å²) in [6.07, 6.45) is 0. The van der Waals surface area contributed by atoms with Crippen molar-refractivity contribution in [3.05, 3.63) is 0 Å². The van der Waals surface area contributed by atoms with Crippen LogP contribution in [0.1, 0.15) is 0 Å². The monoisotopic (exact) mass is 269 g/mol. The van der Waals surface area contributed by atoms with Crippen LogP contribution in [0.4, 0.5) is 0 Å². The molecule has 0 rings (SSSR count). The molecule has 0 fully saturated rings. The minimum atomic E-state index is 0. The smallest absolute Gasteiger partial charge is 1.00 e. The van der Waals surface area contributed by atoms with Gasteiger partial charge >= 0.3 is 34.1 Å². The summed E-state index contributed by atoms with van der Waals surface area (Å²) in [4.78, 5) is 0. The van der Waals surface area contributed by atoms with Crippen molar-refractivity contribution in [2.24, 2.45) is 0 Å². The zero-order chi connectivity index (χ0) is 0. The van der Waals surface area contributed by atoms with E-state index >= 15 is 0 Å². The number of hydrogen-bond acceptors (Lipinski definition) is 0. The molecule has 0 aliphatic carbocycles. The van der Waals surface area contributed by atoms with Crippen molar-refractivity contribution in [1.82, 2.24) is 0 Å². The van der Waals surface area contributed by atoms with Crippen molar-refractivity contribution < 1.29 is 89.2 Å². The second-order valence-corrected chi connectivity index (χ2v) is 0. The maximum Gasteiger partial charge on any atom is 2.00 e. The molecular formula is H2Cl4FeMnO. The molecule has 2 N–H and O–H groups in total. The van der Waals surface area contributed by atoms with Gasteiger partial charge in [-0.2, -0.15) is 0 Å². The summed E-state index contributed by atoms with van der Waals surface area (Å²) in [7, 11) is 0. The van der Waals surface area contributed by atoms with Gasteiger partial charge in [0.1, 0.15) is 0 Å². The van der Waals surface area contributed by atoms with Crippen molar-refractivity contribution in [3.8, 4) is 0 Å². The Balaban J connectivity index is 0. The summed E-state index contributed by atoms with van der Waals surface area (Å²) < 4.78 is 0. The quantitative estimate of drug-likeness (QED) is 0.392. The molecule has 0 aliphatic rings. The van der Waals surface area contributed by atoms with Crippen LogP contribution < -0.4 is 49.6 Å². The molecule has 0 saturated carbocycles. The van der Waals surface area contributed by atoms with E-state index in [1.165, 1.54) is 0 Å². The molecule has 0 heterocycles. The topological polar surface area (TPSA) is 31.5 Å². The molecule has 0 aliphatic heterocycles. The normalized spacial score (nSPS) is 0. The van der Waals surface area contributed by atoms with Crippen LogP contribution in [-0.2, 0) is 34.1 Å². The first-order valence-electron chi connectivity index (χ1n) is 0. The molecule has 0 aromatic rings. The van der Waals surface area contributed by atoms with Crippen LogP contribution >= 0.6 is 0 Å². The van der Waals surface area contributed by atoms with E-state index in [-0.39, 0.29) is 89.2 Å². The van der Waals surface area contributed by atoms with Crippen molar-refractivity contribution in [1.29, 1.82) is 0 Å². The zero-order valence-electron chi connectivity index (χ0n) is 2.74. The van der Waals surface area contributed by atoms with Crippen LogP contribution in [-0.4, -0.2) is 5.48 Å². The zero-order valence-corrected chi connectivity index (χ0v) is 8.05. The molecule has 0 spiro atoms. The third-order valence-electron chi connectivity index (χ3n) is 0. The standard InChI is InChI=1S/4ClH.Fe.Mn.H2O/h4*1H;;;1H2/q;;;;2*+2;/p-4. The minimum absolute atomic E-state index is 0. The Labute approximate surface area is 88.7 Å². The maximum atomic E-state index is 0. The minimum Gasteiger partial charge on any atom is -1.00 e. The summed E-state index contributed by atoms with van der Waals surface area (Å²) in [5, 5.41) is 0. The van der Waals surface area contributed by atoms with E-state index in [0.717, 1.165) is 0 Å². The largest absolute Gasteiger partial charge is 2.00 e. The van der Waals surface area contributed by atoms with E-state index in [9.17, 15) is 0 Å². The number of halogens is 4. The Kier molecular flexibility index (Phi) is 1680. The van der Waals surface area contributed by atoms with E-state index in [4.69, 9.17) is 0 Å². The molecule has 0 aromatic carbocycles. The van der Waals surface area contributed by atoms with Crippen LogP contribution in [0.2, 0.25) is 0 Å². The van der Waals surface area contributed by atoms with Crippen molar-refractivity contribution >= 4 is 0 Å². The molecule has 0 amide bonds. The van der Waals surface area contributed by atoms with Crippen LogP contribution in [0.25, 0.3) is 0 Å². The SMILES string of the molecule is O.[Cl-].[Cl-].[Cl-].[Cl-].[Fe+2].[Mn+2]. The second-order valence-electron chi connectivity index (χ2n) is 0. The summed E-state index contributed by atoms with van der Waals surface area (Å²) in [5.41, 5.74) is 0. The maximum absolute atomic E-state index is 0. The van der Waals surface area contributed by atoms with E-state index < -0.39 is 0 Å². The Morgan fingerprint density at radius 1 is 0.571 bits per heavy atom. The molecule has 0 atom stereocenters. The first-order valence-corrected chi connectivity index (χ1v) is 0. The van der Waals surface area contributed by atoms with Gasteiger partial charge in [-0.25, -0.2) is 0 Å². The first kappa shape index (κ1) is 131. The van der Waals surface area contributed by atoms with E-state index in [1.54, 1.807) is 0 Å². The van der Waals surface area contributed by atoms with Gasteiger partial charge in [0, 0.05) is 0 Å². The third-order valence-corrected chi connectivity index (χ3v) is 0. The molecule has 7 heteroatoms. The van der Waals surface area contributed by atoms with E-state index in [2.05, 4.69) is 0 Å². The van der Waals surface area contributed by atoms with Crippen molar-refractivity contribution in [2.75, 3.05) is 0 Å². The average molecular weight is 271 g/mol. The number of hydrogen-bond donors (Lipinski definition) is 0. The predicted molar refractivity (Wildman–Crippen MR) is 3.61 cm³/mol. The van der Waals surface area contributed by atoms with Gasteiger partial charge in [-0.05, 0) is 0 Å².